The minimum absolute atomic E-state index is 0.0470. The highest BCUT2D eigenvalue weighted by molar-refractivity contribution is 6.34. The first-order valence-corrected chi connectivity index (χ1v) is 9.05. The van der Waals surface area contributed by atoms with Crippen LogP contribution in [0, 0.1) is 5.92 Å². The van der Waals surface area contributed by atoms with Gasteiger partial charge in [0.25, 0.3) is 0 Å². The quantitative estimate of drug-likeness (QED) is 0.817. The van der Waals surface area contributed by atoms with Crippen molar-refractivity contribution in [1.82, 2.24) is 15.5 Å². The zero-order valence-corrected chi connectivity index (χ0v) is 16.1. The van der Waals surface area contributed by atoms with Crippen molar-refractivity contribution < 1.29 is 9.32 Å². The fourth-order valence-electron chi connectivity index (χ4n) is 2.77. The molecule has 3 rings (SSSR count). The van der Waals surface area contributed by atoms with Gasteiger partial charge < -0.3 is 9.84 Å². The molecule has 1 aromatic carbocycles. The topological polar surface area (TPSA) is 68.0 Å². The molecule has 1 aliphatic carbocycles. The second kappa shape index (κ2) is 6.61. The van der Waals surface area contributed by atoms with Gasteiger partial charge in [0.05, 0.1) is 5.54 Å². The van der Waals surface area contributed by atoms with Crippen molar-refractivity contribution in [1.29, 1.82) is 0 Å². The van der Waals surface area contributed by atoms with Crippen molar-refractivity contribution in [2.45, 2.75) is 51.5 Å². The van der Waals surface area contributed by atoms with Crippen LogP contribution in [-0.4, -0.2) is 16.0 Å². The van der Waals surface area contributed by atoms with Gasteiger partial charge in [0.2, 0.25) is 11.8 Å². The lowest BCUT2D eigenvalue weighted by molar-refractivity contribution is -0.125. The summed E-state index contributed by atoms with van der Waals surface area (Å²) in [7, 11) is 0. The van der Waals surface area contributed by atoms with E-state index >= 15 is 0 Å². The van der Waals surface area contributed by atoms with Gasteiger partial charge in [-0.2, -0.15) is 4.98 Å². The molecular weight excluding hydrogens is 361 g/mol. The summed E-state index contributed by atoms with van der Waals surface area (Å²) in [5, 5.41) is 8.26. The highest BCUT2D eigenvalue weighted by Crippen LogP contribution is 2.54. The summed E-state index contributed by atoms with van der Waals surface area (Å²) in [4.78, 5) is 16.5. The third kappa shape index (κ3) is 3.98. The number of nitrogens with one attached hydrogen (secondary N) is 1. The first-order chi connectivity index (χ1) is 11.7. The Balaban J connectivity index is 1.73. The number of rotatable bonds is 5. The van der Waals surface area contributed by atoms with Crippen LogP contribution in [0.1, 0.15) is 63.2 Å². The Hall–Kier alpha value is -1.59. The maximum atomic E-state index is 12.0. The number of hydrogen-bond donors (Lipinski definition) is 1. The fourth-order valence-corrected chi connectivity index (χ4v) is 3.32. The molecule has 1 heterocycles. The predicted molar refractivity (Wildman–Crippen MR) is 96.9 cm³/mol. The lowest BCUT2D eigenvalue weighted by Gasteiger charge is -2.23. The van der Waals surface area contributed by atoms with Crippen molar-refractivity contribution >= 4 is 29.1 Å². The van der Waals surface area contributed by atoms with Crippen molar-refractivity contribution in [2.75, 3.05) is 0 Å². The predicted octanol–water partition coefficient (Wildman–Crippen LogP) is 4.65. The van der Waals surface area contributed by atoms with Gasteiger partial charge in [-0.05, 0) is 49.9 Å². The van der Waals surface area contributed by atoms with Crippen LogP contribution in [0.2, 0.25) is 10.0 Å². The molecule has 1 aromatic heterocycles. The molecule has 0 bridgehead atoms. The molecule has 1 fully saturated rings. The van der Waals surface area contributed by atoms with E-state index in [1.165, 1.54) is 0 Å². The number of halogens is 2. The van der Waals surface area contributed by atoms with E-state index in [2.05, 4.69) is 15.5 Å². The second-order valence-corrected chi connectivity index (χ2v) is 8.25. The van der Waals surface area contributed by atoms with Crippen LogP contribution in [0.4, 0.5) is 0 Å². The van der Waals surface area contributed by atoms with Crippen LogP contribution in [0.15, 0.2) is 22.7 Å². The van der Waals surface area contributed by atoms with Crippen LogP contribution in [-0.2, 0) is 10.3 Å². The monoisotopic (exact) mass is 381 g/mol. The molecular formula is C18H21Cl2N3O2. The van der Waals surface area contributed by atoms with Gasteiger partial charge in [0.15, 0.2) is 5.82 Å². The second-order valence-electron chi connectivity index (χ2n) is 7.38. The summed E-state index contributed by atoms with van der Waals surface area (Å²) in [5.74, 6) is 1.35. The largest absolute Gasteiger partial charge is 0.344 e. The van der Waals surface area contributed by atoms with Crippen molar-refractivity contribution in [3.05, 3.63) is 45.5 Å². The molecule has 0 spiro atoms. The van der Waals surface area contributed by atoms with Crippen molar-refractivity contribution in [3.8, 4) is 0 Å². The molecule has 1 saturated carbocycles. The molecule has 7 heteroatoms. The van der Waals surface area contributed by atoms with Crippen LogP contribution < -0.4 is 5.32 Å². The summed E-state index contributed by atoms with van der Waals surface area (Å²) < 4.78 is 5.45. The minimum Gasteiger partial charge on any atom is -0.344 e. The van der Waals surface area contributed by atoms with Crippen molar-refractivity contribution in [3.63, 3.8) is 0 Å². The molecule has 1 aliphatic rings. The summed E-state index contributed by atoms with van der Waals surface area (Å²) in [6.07, 6.45) is 0.914. The summed E-state index contributed by atoms with van der Waals surface area (Å²) in [6, 6.07) is 5.55. The third-order valence-corrected chi connectivity index (χ3v) is 4.82. The van der Waals surface area contributed by atoms with Gasteiger partial charge in [0.1, 0.15) is 0 Å². The van der Waals surface area contributed by atoms with Gasteiger partial charge in [-0.25, -0.2) is 0 Å². The Morgan fingerprint density at radius 2 is 1.88 bits per heavy atom. The zero-order valence-electron chi connectivity index (χ0n) is 14.6. The van der Waals surface area contributed by atoms with E-state index < -0.39 is 5.54 Å². The van der Waals surface area contributed by atoms with E-state index in [4.69, 9.17) is 27.7 Å². The van der Waals surface area contributed by atoms with E-state index in [-0.39, 0.29) is 23.7 Å². The number of hydrogen-bond acceptors (Lipinski definition) is 4. The van der Waals surface area contributed by atoms with Gasteiger partial charge >= 0.3 is 0 Å². The van der Waals surface area contributed by atoms with Crippen LogP contribution in [0.5, 0.6) is 0 Å². The highest BCUT2D eigenvalue weighted by atomic mass is 35.5. The Kier molecular flexibility index (Phi) is 4.82. The lowest BCUT2D eigenvalue weighted by Crippen LogP contribution is -2.43. The normalized spacial score (nSPS) is 20.0. The molecule has 2 atom stereocenters. The molecule has 0 aliphatic heterocycles. The fraction of sp³-hybridized carbons (Fsp3) is 0.500. The highest BCUT2D eigenvalue weighted by Gasteiger charge is 2.44. The lowest BCUT2D eigenvalue weighted by atomic mass is 10.0. The number of benzene rings is 1. The SMILES string of the molecule is CC(C)C(=O)NC(C)(C)c1noc([C@@H]2C[C@H]2c2cc(Cl)cc(Cl)c2)n1. The molecule has 0 saturated heterocycles. The molecule has 25 heavy (non-hydrogen) atoms. The number of nitrogens with zero attached hydrogens (tertiary/aromatic N) is 2. The number of aromatic nitrogens is 2. The van der Waals surface area contributed by atoms with Gasteiger partial charge in [0, 0.05) is 21.9 Å². The first-order valence-electron chi connectivity index (χ1n) is 8.29. The molecule has 1 N–H and O–H groups in total. The summed E-state index contributed by atoms with van der Waals surface area (Å²) in [5.41, 5.74) is 0.391. The first kappa shape index (κ1) is 18.2. The maximum Gasteiger partial charge on any atom is 0.230 e. The molecule has 5 nitrogen and oxygen atoms in total. The average molecular weight is 382 g/mol. The number of carbonyl (C=O) groups excluding carboxylic acids is 1. The average Bonchev–Trinajstić information content (AvgIpc) is 3.13. The van der Waals surface area contributed by atoms with Gasteiger partial charge in [-0.3, -0.25) is 4.79 Å². The Bertz CT molecular complexity index is 781. The van der Waals surface area contributed by atoms with E-state index in [0.29, 0.717) is 21.8 Å². The van der Waals surface area contributed by atoms with E-state index in [1.54, 1.807) is 6.07 Å². The van der Waals surface area contributed by atoms with Crippen LogP contribution >= 0.6 is 23.2 Å². The van der Waals surface area contributed by atoms with Gasteiger partial charge in [-0.15, -0.1) is 0 Å². The number of carbonyl (C=O) groups is 1. The molecule has 0 radical (unpaired) electrons. The summed E-state index contributed by atoms with van der Waals surface area (Å²) in [6.45, 7) is 7.42. The van der Waals surface area contributed by atoms with Gasteiger partial charge in [-0.1, -0.05) is 42.2 Å². The van der Waals surface area contributed by atoms with E-state index in [0.717, 1.165) is 12.0 Å². The van der Waals surface area contributed by atoms with Crippen LogP contribution in [0.3, 0.4) is 0 Å². The third-order valence-electron chi connectivity index (χ3n) is 4.38. The molecule has 1 amide bonds. The molecule has 2 aromatic rings. The Morgan fingerprint density at radius 3 is 2.48 bits per heavy atom. The van der Waals surface area contributed by atoms with E-state index in [1.807, 2.05) is 39.8 Å². The smallest absolute Gasteiger partial charge is 0.230 e. The Labute approximate surface area is 157 Å². The molecule has 0 unspecified atom stereocenters. The molecule has 134 valence electrons. The minimum atomic E-state index is -0.688. The van der Waals surface area contributed by atoms with Crippen molar-refractivity contribution in [2.24, 2.45) is 5.92 Å². The Morgan fingerprint density at radius 1 is 1.24 bits per heavy atom. The number of amides is 1. The summed E-state index contributed by atoms with van der Waals surface area (Å²) >= 11 is 12.2. The van der Waals surface area contributed by atoms with E-state index in [9.17, 15) is 4.79 Å². The standard InChI is InChI=1S/C18H21Cl2N3O2/c1-9(2)15(24)22-18(3,4)17-21-16(25-23-17)14-8-13(14)10-5-11(19)7-12(20)6-10/h5-7,9,13-14H,8H2,1-4H3,(H,22,24)/t13-,14+/m0/s1. The zero-order chi connectivity index (χ0) is 18.4. The van der Waals surface area contributed by atoms with Crippen LogP contribution in [0.25, 0.3) is 0 Å². The maximum absolute atomic E-state index is 12.0.